The second-order valence-electron chi connectivity index (χ2n) is 14.5. The predicted molar refractivity (Wildman–Crippen MR) is 133 cm³/mol. The van der Waals surface area contributed by atoms with Crippen molar-refractivity contribution in [1.29, 1.82) is 0 Å². The van der Waals surface area contributed by atoms with Crippen LogP contribution < -0.4 is 0 Å². The molecule has 188 valence electrons. The number of Topliss-reactive ketones (excluding diaryl/α,β-unsaturated/α-hetero) is 1. The minimum Gasteiger partial charge on any atom is -0.416 e. The molecule has 0 amide bonds. The van der Waals surface area contributed by atoms with E-state index in [4.69, 9.17) is 13.9 Å². The highest BCUT2D eigenvalue weighted by Gasteiger charge is 2.79. The van der Waals surface area contributed by atoms with Crippen LogP contribution >= 0.6 is 0 Å². The Bertz CT molecular complexity index is 811. The smallest absolute Gasteiger partial charge is 0.192 e. The summed E-state index contributed by atoms with van der Waals surface area (Å²) in [5.74, 6) is 1.19. The van der Waals surface area contributed by atoms with Crippen LogP contribution in [0.5, 0.6) is 0 Å². The molecule has 5 aliphatic rings. The van der Waals surface area contributed by atoms with E-state index in [1.807, 2.05) is 0 Å². The van der Waals surface area contributed by atoms with Crippen molar-refractivity contribution >= 4 is 14.1 Å². The zero-order valence-corrected chi connectivity index (χ0v) is 23.5. The largest absolute Gasteiger partial charge is 0.416 e. The first-order chi connectivity index (χ1) is 15.2. The summed E-state index contributed by atoms with van der Waals surface area (Å²) in [4.78, 5) is 13.4. The van der Waals surface area contributed by atoms with Crippen LogP contribution in [-0.4, -0.2) is 39.7 Å². The van der Waals surface area contributed by atoms with Gasteiger partial charge in [0.2, 0.25) is 0 Å². The highest BCUT2D eigenvalue weighted by atomic mass is 28.4. The van der Waals surface area contributed by atoms with Crippen molar-refractivity contribution in [3.05, 3.63) is 0 Å². The van der Waals surface area contributed by atoms with Crippen LogP contribution in [0.2, 0.25) is 18.1 Å². The molecule has 4 saturated carbocycles. The van der Waals surface area contributed by atoms with Crippen LogP contribution in [0.15, 0.2) is 0 Å². The molecule has 4 aliphatic carbocycles. The van der Waals surface area contributed by atoms with E-state index in [1.165, 1.54) is 32.1 Å². The van der Waals surface area contributed by atoms with Crippen LogP contribution in [0.3, 0.4) is 0 Å². The van der Waals surface area contributed by atoms with Crippen molar-refractivity contribution in [1.82, 2.24) is 0 Å². The average molecular weight is 477 g/mol. The molecule has 1 saturated heterocycles. The van der Waals surface area contributed by atoms with Gasteiger partial charge in [-0.25, -0.2) is 0 Å². The number of fused-ring (bicyclic) bond motifs is 2. The average Bonchev–Trinajstić information content (AvgIpc) is 3.16. The fraction of sp³-hybridized carbons (Fsp3) is 0.964. The van der Waals surface area contributed by atoms with Crippen molar-refractivity contribution in [3.63, 3.8) is 0 Å². The maximum atomic E-state index is 13.4. The second kappa shape index (κ2) is 7.40. The maximum absolute atomic E-state index is 13.4. The Hall–Kier alpha value is -0.233. The third-order valence-electron chi connectivity index (χ3n) is 12.0. The molecule has 7 atom stereocenters. The number of carbonyl (C=O) groups excluding carboxylic acids is 1. The number of rotatable bonds is 3. The van der Waals surface area contributed by atoms with Crippen molar-refractivity contribution in [2.24, 2.45) is 39.9 Å². The Morgan fingerprint density at radius 2 is 1.76 bits per heavy atom. The first-order valence-electron chi connectivity index (χ1n) is 13.7. The Morgan fingerprint density at radius 3 is 2.36 bits per heavy atom. The molecule has 1 heterocycles. The molecule has 33 heavy (non-hydrogen) atoms. The van der Waals surface area contributed by atoms with Crippen molar-refractivity contribution in [3.8, 4) is 0 Å². The summed E-state index contributed by atoms with van der Waals surface area (Å²) in [5.41, 5.74) is 0.377. The SMILES string of the molecule is C[C@@H]1C[C@@H]2CC[C@H]3[C@@](C)(CO[Si](C)(C)C(C)(C)C)CCC[C@]3(C)[C@]23CC(=O)[C@@H]3C12OCCO2. The lowest BCUT2D eigenvalue weighted by molar-refractivity contribution is -0.338. The van der Waals surface area contributed by atoms with Crippen molar-refractivity contribution in [2.45, 2.75) is 110 Å². The topological polar surface area (TPSA) is 44.8 Å². The minimum atomic E-state index is -1.81. The first kappa shape index (κ1) is 24.5. The Labute approximate surface area is 203 Å². The zero-order chi connectivity index (χ0) is 24.1. The van der Waals surface area contributed by atoms with Crippen LogP contribution in [0.25, 0.3) is 0 Å². The van der Waals surface area contributed by atoms with Gasteiger partial charge in [0.25, 0.3) is 0 Å². The molecule has 5 rings (SSSR count). The lowest BCUT2D eigenvalue weighted by Crippen LogP contribution is -2.77. The lowest BCUT2D eigenvalue weighted by Gasteiger charge is -2.75. The fourth-order valence-corrected chi connectivity index (χ4v) is 10.4. The fourth-order valence-electron chi connectivity index (χ4n) is 9.27. The minimum absolute atomic E-state index is 0.0442. The molecule has 0 bridgehead atoms. The van der Waals surface area contributed by atoms with Gasteiger partial charge in [-0.2, -0.15) is 0 Å². The molecular formula is C28H48O4Si. The van der Waals surface area contributed by atoms with Gasteiger partial charge in [0.1, 0.15) is 5.78 Å². The van der Waals surface area contributed by atoms with E-state index in [9.17, 15) is 4.79 Å². The van der Waals surface area contributed by atoms with Gasteiger partial charge in [-0.05, 0) is 72.9 Å². The van der Waals surface area contributed by atoms with Gasteiger partial charge in [0, 0.05) is 24.4 Å². The van der Waals surface area contributed by atoms with Crippen molar-refractivity contribution in [2.75, 3.05) is 19.8 Å². The van der Waals surface area contributed by atoms with E-state index in [-0.39, 0.29) is 27.2 Å². The quantitative estimate of drug-likeness (QED) is 0.431. The van der Waals surface area contributed by atoms with Gasteiger partial charge >= 0.3 is 0 Å². The normalized spacial score (nSPS) is 47.0. The van der Waals surface area contributed by atoms with E-state index in [2.05, 4.69) is 54.6 Å². The third-order valence-corrected chi connectivity index (χ3v) is 16.5. The lowest BCUT2D eigenvalue weighted by atomic mass is 9.29. The van der Waals surface area contributed by atoms with Gasteiger partial charge in [0.05, 0.1) is 19.1 Å². The van der Waals surface area contributed by atoms with Gasteiger partial charge in [-0.1, -0.05) is 48.0 Å². The van der Waals surface area contributed by atoms with E-state index in [1.54, 1.807) is 0 Å². The Kier molecular flexibility index (Phi) is 5.48. The molecular weight excluding hydrogens is 428 g/mol. The van der Waals surface area contributed by atoms with E-state index < -0.39 is 14.1 Å². The summed E-state index contributed by atoms with van der Waals surface area (Å²) in [6.45, 7) is 21.3. The summed E-state index contributed by atoms with van der Waals surface area (Å²) >= 11 is 0. The first-order valence-corrected chi connectivity index (χ1v) is 16.6. The number of ether oxygens (including phenoxy) is 2. The highest BCUT2D eigenvalue weighted by molar-refractivity contribution is 6.74. The molecule has 0 radical (unpaired) electrons. The van der Waals surface area contributed by atoms with Crippen molar-refractivity contribution < 1.29 is 18.7 Å². The summed E-state index contributed by atoms with van der Waals surface area (Å²) in [7, 11) is -1.81. The highest BCUT2D eigenvalue weighted by Crippen LogP contribution is 2.78. The molecule has 0 unspecified atom stereocenters. The summed E-state index contributed by atoms with van der Waals surface area (Å²) < 4.78 is 19.7. The number of carbonyl (C=O) groups is 1. The molecule has 5 heteroatoms. The molecule has 1 aliphatic heterocycles. The predicted octanol–water partition coefficient (Wildman–Crippen LogP) is 6.59. The number of hydrogen-bond donors (Lipinski definition) is 0. The molecule has 0 aromatic heterocycles. The summed E-state index contributed by atoms with van der Waals surface area (Å²) in [5, 5.41) is 0.228. The second-order valence-corrected chi connectivity index (χ2v) is 19.3. The van der Waals surface area contributed by atoms with Crippen LogP contribution in [0.1, 0.15) is 86.5 Å². The van der Waals surface area contributed by atoms with Crippen LogP contribution in [-0.2, 0) is 18.7 Å². The number of ketones is 1. The number of hydrogen-bond acceptors (Lipinski definition) is 4. The van der Waals surface area contributed by atoms with E-state index >= 15 is 0 Å². The Morgan fingerprint density at radius 1 is 1.09 bits per heavy atom. The van der Waals surface area contributed by atoms with Gasteiger partial charge in [-0.15, -0.1) is 0 Å². The van der Waals surface area contributed by atoms with Gasteiger partial charge < -0.3 is 13.9 Å². The zero-order valence-electron chi connectivity index (χ0n) is 22.5. The molecule has 0 N–H and O–H groups in total. The van der Waals surface area contributed by atoms with E-state index in [0.717, 1.165) is 19.4 Å². The molecule has 2 spiro atoms. The molecule has 0 aromatic carbocycles. The van der Waals surface area contributed by atoms with Gasteiger partial charge in [0.15, 0.2) is 14.1 Å². The monoisotopic (exact) mass is 476 g/mol. The molecule has 4 nitrogen and oxygen atoms in total. The summed E-state index contributed by atoms with van der Waals surface area (Å²) in [6, 6.07) is 0. The van der Waals surface area contributed by atoms with Crippen LogP contribution in [0.4, 0.5) is 0 Å². The molecule has 0 aromatic rings. The summed E-state index contributed by atoms with van der Waals surface area (Å²) in [6.07, 6.45) is 8.14. The standard InChI is InChI=1S/C28H48O4Si/c1-19-16-20-10-11-22-25(5,18-32-33(7,8)24(2,3)4)12-9-13-26(22,6)27(20)17-21(29)23(27)28(19)30-14-15-31-28/h19-20,22-23H,9-18H2,1-8H3/t19-,20+,22+,23+,25-,26+,27-/m1/s1. The molecule has 5 fully saturated rings. The Balaban J connectivity index is 1.50. The van der Waals surface area contributed by atoms with Crippen LogP contribution in [0, 0.1) is 39.9 Å². The van der Waals surface area contributed by atoms with Gasteiger partial charge in [-0.3, -0.25) is 4.79 Å². The third kappa shape index (κ3) is 3.07. The van der Waals surface area contributed by atoms with E-state index in [0.29, 0.717) is 36.8 Å². The maximum Gasteiger partial charge on any atom is 0.192 e.